The Hall–Kier alpha value is -2.82. The van der Waals surface area contributed by atoms with Gasteiger partial charge in [-0.15, -0.1) is 0 Å². The first kappa shape index (κ1) is 11.3. The average molecular weight is 252 g/mol. The van der Waals surface area contributed by atoms with Crippen LogP contribution >= 0.6 is 0 Å². The van der Waals surface area contributed by atoms with Crippen molar-refractivity contribution in [2.24, 2.45) is 5.73 Å². The summed E-state index contributed by atoms with van der Waals surface area (Å²) in [5, 5.41) is 7.40. The van der Waals surface area contributed by atoms with Gasteiger partial charge in [-0.2, -0.15) is 0 Å². The van der Waals surface area contributed by atoms with E-state index in [4.69, 9.17) is 15.9 Å². The quantitative estimate of drug-likeness (QED) is 0.494. The molecule has 0 aliphatic carbocycles. The lowest BCUT2D eigenvalue weighted by Gasteiger charge is -2.06. The van der Waals surface area contributed by atoms with Crippen molar-refractivity contribution < 1.29 is 4.74 Å². The third kappa shape index (κ3) is 2.26. The molecule has 0 atom stereocenters. The van der Waals surface area contributed by atoms with E-state index in [1.807, 2.05) is 18.3 Å². The number of ether oxygens (including phenoxy) is 1. The van der Waals surface area contributed by atoms with E-state index in [0.717, 1.165) is 11.0 Å². The molecule has 2 heterocycles. The number of nitrogen functional groups attached to an aromatic ring is 1. The van der Waals surface area contributed by atoms with Crippen LogP contribution in [0.2, 0.25) is 0 Å². The summed E-state index contributed by atoms with van der Waals surface area (Å²) in [5.74, 6) is 1.13. The third-order valence-electron chi connectivity index (χ3n) is 2.75. The molecule has 0 spiro atoms. The van der Waals surface area contributed by atoms with Crippen molar-refractivity contribution in [1.82, 2.24) is 9.97 Å². The molecule has 5 heteroatoms. The summed E-state index contributed by atoms with van der Waals surface area (Å²) in [7, 11) is 0. The van der Waals surface area contributed by atoms with Crippen LogP contribution in [0, 0.1) is 5.41 Å². The Morgan fingerprint density at radius 1 is 1.21 bits per heavy atom. The number of pyridine rings is 1. The zero-order chi connectivity index (χ0) is 13.2. The Morgan fingerprint density at radius 3 is 2.95 bits per heavy atom. The summed E-state index contributed by atoms with van der Waals surface area (Å²) in [6.07, 6.45) is 1.83. The fourth-order valence-corrected chi connectivity index (χ4v) is 1.82. The molecule has 3 rings (SSSR count). The van der Waals surface area contributed by atoms with Gasteiger partial charge in [0.05, 0.1) is 11.0 Å². The van der Waals surface area contributed by atoms with E-state index in [1.54, 1.807) is 30.3 Å². The second-order valence-electron chi connectivity index (χ2n) is 4.10. The van der Waals surface area contributed by atoms with Crippen LogP contribution in [-0.4, -0.2) is 15.8 Å². The molecule has 0 bridgehead atoms. The van der Waals surface area contributed by atoms with Crippen LogP contribution in [-0.2, 0) is 0 Å². The summed E-state index contributed by atoms with van der Waals surface area (Å²) in [6.45, 7) is 0. The third-order valence-corrected chi connectivity index (χ3v) is 2.75. The standard InChI is InChI=1S/C14H12N4O/c15-14(16)9-2-1-3-10(8-9)19-13-5-4-11-12(18-13)6-7-17-11/h1-8,17H,(H3,15,16). The molecule has 5 nitrogen and oxygen atoms in total. The van der Waals surface area contributed by atoms with E-state index in [9.17, 15) is 0 Å². The van der Waals surface area contributed by atoms with Gasteiger partial charge in [0.1, 0.15) is 11.6 Å². The van der Waals surface area contributed by atoms with Gasteiger partial charge in [0.2, 0.25) is 5.88 Å². The van der Waals surface area contributed by atoms with E-state index >= 15 is 0 Å². The van der Waals surface area contributed by atoms with Gasteiger partial charge in [0.25, 0.3) is 0 Å². The van der Waals surface area contributed by atoms with Gasteiger partial charge in [-0.3, -0.25) is 5.41 Å². The summed E-state index contributed by atoms with van der Waals surface area (Å²) < 4.78 is 5.67. The van der Waals surface area contributed by atoms with E-state index in [-0.39, 0.29) is 5.84 Å². The normalized spacial score (nSPS) is 10.5. The van der Waals surface area contributed by atoms with Gasteiger partial charge in [-0.25, -0.2) is 4.98 Å². The molecule has 2 aromatic heterocycles. The Bertz CT molecular complexity index is 748. The first-order chi connectivity index (χ1) is 9.22. The highest BCUT2D eigenvalue weighted by molar-refractivity contribution is 5.95. The maximum atomic E-state index is 7.40. The topological polar surface area (TPSA) is 87.8 Å². The molecule has 0 fully saturated rings. The number of aromatic nitrogens is 2. The average Bonchev–Trinajstić information content (AvgIpc) is 2.86. The van der Waals surface area contributed by atoms with Crippen molar-refractivity contribution in [3.8, 4) is 11.6 Å². The molecule has 94 valence electrons. The Labute approximate surface area is 109 Å². The van der Waals surface area contributed by atoms with Crippen molar-refractivity contribution in [2.75, 3.05) is 0 Å². The maximum Gasteiger partial charge on any atom is 0.219 e. The van der Waals surface area contributed by atoms with E-state index in [2.05, 4.69) is 9.97 Å². The maximum absolute atomic E-state index is 7.40. The van der Waals surface area contributed by atoms with E-state index in [1.165, 1.54) is 0 Å². The molecule has 0 saturated heterocycles. The SMILES string of the molecule is N=C(N)c1cccc(Oc2ccc3[nH]ccc3n2)c1. The highest BCUT2D eigenvalue weighted by atomic mass is 16.5. The highest BCUT2D eigenvalue weighted by Crippen LogP contribution is 2.22. The van der Waals surface area contributed by atoms with Crippen LogP contribution in [0.4, 0.5) is 0 Å². The fourth-order valence-electron chi connectivity index (χ4n) is 1.82. The van der Waals surface area contributed by atoms with Gasteiger partial charge in [-0.05, 0) is 24.3 Å². The van der Waals surface area contributed by atoms with Crippen molar-refractivity contribution >= 4 is 16.9 Å². The number of amidine groups is 1. The number of rotatable bonds is 3. The lowest BCUT2D eigenvalue weighted by Crippen LogP contribution is -2.10. The number of nitrogens with two attached hydrogens (primary N) is 1. The highest BCUT2D eigenvalue weighted by Gasteiger charge is 2.03. The van der Waals surface area contributed by atoms with E-state index in [0.29, 0.717) is 17.2 Å². The van der Waals surface area contributed by atoms with Crippen molar-refractivity contribution in [1.29, 1.82) is 5.41 Å². The molecule has 1 aromatic carbocycles. The van der Waals surface area contributed by atoms with Crippen LogP contribution in [0.15, 0.2) is 48.7 Å². The summed E-state index contributed by atoms with van der Waals surface area (Å²) >= 11 is 0. The Morgan fingerprint density at radius 2 is 2.11 bits per heavy atom. The van der Waals surface area contributed by atoms with Crippen LogP contribution < -0.4 is 10.5 Å². The zero-order valence-electron chi connectivity index (χ0n) is 10.1. The predicted molar refractivity (Wildman–Crippen MR) is 73.6 cm³/mol. The second-order valence-corrected chi connectivity index (χ2v) is 4.10. The number of hydrogen-bond acceptors (Lipinski definition) is 3. The number of nitrogens with zero attached hydrogens (tertiary/aromatic N) is 1. The molecule has 0 amide bonds. The fraction of sp³-hybridized carbons (Fsp3) is 0. The number of aromatic amines is 1. The summed E-state index contributed by atoms with van der Waals surface area (Å²) in [6, 6.07) is 12.7. The molecular weight excluding hydrogens is 240 g/mol. The minimum absolute atomic E-state index is 0.0134. The smallest absolute Gasteiger partial charge is 0.219 e. The Balaban J connectivity index is 1.91. The molecule has 0 unspecified atom stereocenters. The van der Waals surface area contributed by atoms with Gasteiger partial charge in [-0.1, -0.05) is 12.1 Å². The molecular formula is C14H12N4O. The molecule has 0 radical (unpaired) electrons. The number of benzene rings is 1. The molecule has 0 aliphatic heterocycles. The van der Waals surface area contributed by atoms with Gasteiger partial charge in [0, 0.05) is 17.8 Å². The largest absolute Gasteiger partial charge is 0.439 e. The molecule has 0 aliphatic rings. The minimum Gasteiger partial charge on any atom is -0.439 e. The number of fused-ring (bicyclic) bond motifs is 1. The number of H-pyrrole nitrogens is 1. The molecule has 19 heavy (non-hydrogen) atoms. The summed E-state index contributed by atoms with van der Waals surface area (Å²) in [5.41, 5.74) is 7.88. The Kier molecular flexibility index (Phi) is 2.64. The lowest BCUT2D eigenvalue weighted by atomic mass is 10.2. The van der Waals surface area contributed by atoms with Crippen LogP contribution in [0.3, 0.4) is 0 Å². The first-order valence-electron chi connectivity index (χ1n) is 5.79. The van der Waals surface area contributed by atoms with Crippen LogP contribution in [0.25, 0.3) is 11.0 Å². The molecule has 4 N–H and O–H groups in total. The lowest BCUT2D eigenvalue weighted by molar-refractivity contribution is 0.465. The monoisotopic (exact) mass is 252 g/mol. The summed E-state index contributed by atoms with van der Waals surface area (Å²) in [4.78, 5) is 7.44. The van der Waals surface area contributed by atoms with Gasteiger partial charge in [0.15, 0.2) is 0 Å². The van der Waals surface area contributed by atoms with E-state index < -0.39 is 0 Å². The molecule has 0 saturated carbocycles. The van der Waals surface area contributed by atoms with Crippen LogP contribution in [0.5, 0.6) is 11.6 Å². The number of hydrogen-bond donors (Lipinski definition) is 3. The minimum atomic E-state index is 0.0134. The zero-order valence-corrected chi connectivity index (χ0v) is 10.1. The van der Waals surface area contributed by atoms with Gasteiger partial charge >= 0.3 is 0 Å². The molecule has 3 aromatic rings. The van der Waals surface area contributed by atoms with Crippen molar-refractivity contribution in [3.05, 3.63) is 54.2 Å². The van der Waals surface area contributed by atoms with Crippen molar-refractivity contribution in [3.63, 3.8) is 0 Å². The van der Waals surface area contributed by atoms with Crippen molar-refractivity contribution in [2.45, 2.75) is 0 Å². The van der Waals surface area contributed by atoms with Crippen LogP contribution in [0.1, 0.15) is 5.56 Å². The first-order valence-corrected chi connectivity index (χ1v) is 5.79. The second kappa shape index (κ2) is 4.45. The predicted octanol–water partition coefficient (Wildman–Crippen LogP) is 2.64. The number of nitrogens with one attached hydrogen (secondary N) is 2. The van der Waals surface area contributed by atoms with Gasteiger partial charge < -0.3 is 15.5 Å².